The summed E-state index contributed by atoms with van der Waals surface area (Å²) in [6, 6.07) is 0. The summed E-state index contributed by atoms with van der Waals surface area (Å²) in [4.78, 5) is 9.68. The highest BCUT2D eigenvalue weighted by molar-refractivity contribution is 8.00. The number of amides is 1. The molecule has 3 nitrogen and oxygen atoms in total. The SMILES string of the molecule is O=[C]N1NC=CS1. The highest BCUT2D eigenvalue weighted by Gasteiger charge is 2.00. The van der Waals surface area contributed by atoms with Crippen molar-refractivity contribution < 1.29 is 4.79 Å². The predicted octanol–water partition coefficient (Wildman–Crippen LogP) is -0.00680. The molecule has 7 heavy (non-hydrogen) atoms. The minimum absolute atomic E-state index is 1.24. The van der Waals surface area contributed by atoms with Crippen molar-refractivity contribution in [2.75, 3.05) is 0 Å². The molecule has 0 atom stereocenters. The standard InChI is InChI=1S/C3H3N2OS/c6-3-5-4-1-2-7-5/h1-2,4H. The number of carbonyl (C=O) groups excluding carboxylic acids is 1. The first-order valence-corrected chi connectivity index (χ1v) is 2.53. The van der Waals surface area contributed by atoms with E-state index in [2.05, 4.69) is 5.43 Å². The summed E-state index contributed by atoms with van der Waals surface area (Å²) in [5, 5.41) is 1.75. The first-order valence-electron chi connectivity index (χ1n) is 1.69. The molecule has 0 aliphatic carbocycles. The Labute approximate surface area is 45.5 Å². The topological polar surface area (TPSA) is 32.3 Å². The summed E-state index contributed by atoms with van der Waals surface area (Å²) < 4.78 is 1.24. The molecule has 0 bridgehead atoms. The molecule has 4 heteroatoms. The summed E-state index contributed by atoms with van der Waals surface area (Å²) >= 11 is 1.26. The Bertz CT molecular complexity index is 95.1. The average molecular weight is 115 g/mol. The van der Waals surface area contributed by atoms with Crippen molar-refractivity contribution >= 4 is 18.4 Å². The smallest absolute Gasteiger partial charge is 0.292 e. The Kier molecular flexibility index (Phi) is 1.21. The van der Waals surface area contributed by atoms with E-state index < -0.39 is 0 Å². The maximum Gasteiger partial charge on any atom is 0.343 e. The van der Waals surface area contributed by atoms with Gasteiger partial charge >= 0.3 is 6.41 Å². The van der Waals surface area contributed by atoms with Crippen molar-refractivity contribution in [1.29, 1.82) is 0 Å². The van der Waals surface area contributed by atoms with Crippen LogP contribution in [-0.4, -0.2) is 10.8 Å². The first kappa shape index (κ1) is 4.52. The van der Waals surface area contributed by atoms with Gasteiger partial charge in [0.25, 0.3) is 0 Å². The predicted molar refractivity (Wildman–Crippen MR) is 27.4 cm³/mol. The molecule has 0 fully saturated rings. The molecule has 1 amide bonds. The Hall–Kier alpha value is -0.640. The monoisotopic (exact) mass is 115 g/mol. The second kappa shape index (κ2) is 1.88. The lowest BCUT2D eigenvalue weighted by molar-refractivity contribution is 0.483. The van der Waals surface area contributed by atoms with Crippen LogP contribution in [0.1, 0.15) is 0 Å². The third kappa shape index (κ3) is 0.866. The maximum absolute atomic E-state index is 9.68. The van der Waals surface area contributed by atoms with Gasteiger partial charge in [0.2, 0.25) is 0 Å². The van der Waals surface area contributed by atoms with Gasteiger partial charge in [0.1, 0.15) is 0 Å². The molecule has 1 aliphatic rings. The molecule has 1 heterocycles. The second-order valence-electron chi connectivity index (χ2n) is 0.923. The number of hydrazine groups is 1. The summed E-state index contributed by atoms with van der Waals surface area (Å²) in [6.45, 7) is 0. The molecule has 0 aromatic carbocycles. The van der Waals surface area contributed by atoms with Crippen LogP contribution in [0.3, 0.4) is 0 Å². The lowest BCUT2D eigenvalue weighted by Crippen LogP contribution is -2.20. The van der Waals surface area contributed by atoms with Crippen LogP contribution < -0.4 is 5.43 Å². The molecule has 0 spiro atoms. The third-order valence-electron chi connectivity index (χ3n) is 0.509. The van der Waals surface area contributed by atoms with Crippen LogP contribution >= 0.6 is 11.9 Å². The third-order valence-corrected chi connectivity index (χ3v) is 1.16. The van der Waals surface area contributed by atoms with Gasteiger partial charge in [-0.25, -0.2) is 0 Å². The van der Waals surface area contributed by atoms with Gasteiger partial charge < -0.3 is 0 Å². The van der Waals surface area contributed by atoms with E-state index in [1.165, 1.54) is 16.4 Å². The number of nitrogens with one attached hydrogen (secondary N) is 1. The normalized spacial score (nSPS) is 16.9. The number of hydrogen-bond acceptors (Lipinski definition) is 3. The van der Waals surface area contributed by atoms with E-state index in [0.717, 1.165) is 0 Å². The highest BCUT2D eigenvalue weighted by atomic mass is 32.2. The zero-order valence-corrected chi connectivity index (χ0v) is 4.23. The minimum atomic E-state index is 1.24. The lowest BCUT2D eigenvalue weighted by Gasteiger charge is -2.01. The van der Waals surface area contributed by atoms with Crippen LogP contribution in [-0.2, 0) is 4.79 Å². The molecule has 0 saturated carbocycles. The van der Waals surface area contributed by atoms with Crippen LogP contribution in [0.5, 0.6) is 0 Å². The Morgan fingerprint density at radius 2 is 2.71 bits per heavy atom. The van der Waals surface area contributed by atoms with E-state index >= 15 is 0 Å². The number of rotatable bonds is 1. The molecular weight excluding hydrogens is 112 g/mol. The quantitative estimate of drug-likeness (QED) is 0.488. The zero-order valence-electron chi connectivity index (χ0n) is 3.42. The Morgan fingerprint density at radius 1 is 1.86 bits per heavy atom. The molecule has 1 rings (SSSR count). The number of hydrogen-bond donors (Lipinski definition) is 1. The first-order chi connectivity index (χ1) is 3.43. The molecule has 0 aromatic heterocycles. The summed E-state index contributed by atoms with van der Waals surface area (Å²) in [5.74, 6) is 0. The fourth-order valence-electron chi connectivity index (χ4n) is 0.268. The molecule has 1 radical (unpaired) electrons. The van der Waals surface area contributed by atoms with Gasteiger partial charge in [-0.1, -0.05) is 0 Å². The van der Waals surface area contributed by atoms with E-state index in [1.54, 1.807) is 18.0 Å². The molecule has 37 valence electrons. The summed E-state index contributed by atoms with van der Waals surface area (Å²) in [6.07, 6.45) is 3.30. The van der Waals surface area contributed by atoms with Gasteiger partial charge in [-0.05, 0) is 0 Å². The molecule has 0 aromatic rings. The van der Waals surface area contributed by atoms with Crippen molar-refractivity contribution in [3.05, 3.63) is 11.6 Å². The molecule has 0 saturated heterocycles. The van der Waals surface area contributed by atoms with E-state index in [0.29, 0.717) is 0 Å². The minimum Gasteiger partial charge on any atom is -0.292 e. The lowest BCUT2D eigenvalue weighted by atomic mass is 11.1. The average Bonchev–Trinajstić information content (AvgIpc) is 2.14. The second-order valence-corrected chi connectivity index (χ2v) is 1.77. The highest BCUT2D eigenvalue weighted by Crippen LogP contribution is 2.09. The molecule has 1 N–H and O–H groups in total. The van der Waals surface area contributed by atoms with Crippen molar-refractivity contribution in [3.63, 3.8) is 0 Å². The van der Waals surface area contributed by atoms with Crippen molar-refractivity contribution in [2.45, 2.75) is 0 Å². The van der Waals surface area contributed by atoms with E-state index in [9.17, 15) is 4.79 Å². The molecule has 1 aliphatic heterocycles. The summed E-state index contributed by atoms with van der Waals surface area (Å²) in [5.41, 5.74) is 2.60. The van der Waals surface area contributed by atoms with E-state index in [-0.39, 0.29) is 0 Å². The largest absolute Gasteiger partial charge is 0.343 e. The van der Waals surface area contributed by atoms with Crippen LogP contribution in [0.2, 0.25) is 0 Å². The van der Waals surface area contributed by atoms with Crippen LogP contribution in [0.4, 0.5) is 0 Å². The van der Waals surface area contributed by atoms with Crippen LogP contribution in [0.15, 0.2) is 11.6 Å². The molecular formula is C3H3N2OS. The molecule has 0 unspecified atom stereocenters. The fourth-order valence-corrected chi connectivity index (χ4v) is 0.676. The van der Waals surface area contributed by atoms with Crippen molar-refractivity contribution in [2.24, 2.45) is 0 Å². The summed E-state index contributed by atoms with van der Waals surface area (Å²) in [7, 11) is 0. The van der Waals surface area contributed by atoms with Crippen molar-refractivity contribution in [1.82, 2.24) is 9.84 Å². The maximum atomic E-state index is 9.68. The van der Waals surface area contributed by atoms with Crippen LogP contribution in [0.25, 0.3) is 0 Å². The van der Waals surface area contributed by atoms with Crippen molar-refractivity contribution in [3.8, 4) is 0 Å². The Morgan fingerprint density at radius 3 is 3.00 bits per heavy atom. The van der Waals surface area contributed by atoms with E-state index in [1.807, 2.05) is 0 Å². The van der Waals surface area contributed by atoms with Gasteiger partial charge in [0.05, 0.1) is 0 Å². The van der Waals surface area contributed by atoms with Crippen LogP contribution in [0, 0.1) is 0 Å². The fraction of sp³-hybridized carbons (Fsp3) is 0. The zero-order chi connectivity index (χ0) is 5.11. The Balaban J connectivity index is 2.35. The van der Waals surface area contributed by atoms with Gasteiger partial charge in [0, 0.05) is 23.6 Å². The number of nitrogens with zero attached hydrogens (tertiary/aromatic N) is 1. The van der Waals surface area contributed by atoms with Gasteiger partial charge in [-0.15, -0.1) is 0 Å². The van der Waals surface area contributed by atoms with Gasteiger partial charge in [-0.2, -0.15) is 4.41 Å². The van der Waals surface area contributed by atoms with E-state index in [4.69, 9.17) is 0 Å². The van der Waals surface area contributed by atoms with Gasteiger partial charge in [-0.3, -0.25) is 10.2 Å². The van der Waals surface area contributed by atoms with Gasteiger partial charge in [0.15, 0.2) is 0 Å².